The van der Waals surface area contributed by atoms with Crippen molar-refractivity contribution in [2.45, 2.75) is 6.04 Å². The highest BCUT2D eigenvalue weighted by Crippen LogP contribution is 2.34. The largest absolute Gasteiger partial charge is 0.479 e. The molecule has 6 heteroatoms. The Morgan fingerprint density at radius 1 is 1.30 bits per heavy atom. The van der Waals surface area contributed by atoms with Crippen LogP contribution >= 0.6 is 11.6 Å². The average molecular weight is 329 g/mol. The maximum atomic E-state index is 12.1. The number of halogens is 1. The molecule has 1 heterocycles. The fourth-order valence-electron chi connectivity index (χ4n) is 2.48. The van der Waals surface area contributed by atoms with E-state index in [4.69, 9.17) is 26.3 Å². The predicted octanol–water partition coefficient (Wildman–Crippen LogP) is 3.94. The van der Waals surface area contributed by atoms with Crippen LogP contribution in [0.25, 0.3) is 0 Å². The number of cyclic esters (lactones) is 1. The minimum Gasteiger partial charge on any atom is -0.479 e. The quantitative estimate of drug-likeness (QED) is 0.852. The van der Waals surface area contributed by atoms with Crippen molar-refractivity contribution >= 4 is 23.4 Å². The second kappa shape index (κ2) is 6.59. The molecule has 0 aromatic heterocycles. The summed E-state index contributed by atoms with van der Waals surface area (Å²) >= 11 is 5.90. The standard InChI is InChI=1S/C17H13ClN2O3/c18-13-4-6-14(7-5-13)20-16(11-23-17(20)21)12-2-1-3-15(10-12)22-9-8-19/h1-7,10,16H,9,11H2/t16-/m1/s1. The normalized spacial score (nSPS) is 16.8. The molecule has 0 radical (unpaired) electrons. The zero-order valence-corrected chi connectivity index (χ0v) is 12.9. The van der Waals surface area contributed by atoms with Crippen molar-refractivity contribution in [3.8, 4) is 11.8 Å². The smallest absolute Gasteiger partial charge is 0.415 e. The molecule has 5 nitrogen and oxygen atoms in total. The summed E-state index contributed by atoms with van der Waals surface area (Å²) in [5.74, 6) is 0.583. The van der Waals surface area contributed by atoms with E-state index in [2.05, 4.69) is 0 Å². The highest BCUT2D eigenvalue weighted by molar-refractivity contribution is 6.30. The van der Waals surface area contributed by atoms with Gasteiger partial charge < -0.3 is 9.47 Å². The highest BCUT2D eigenvalue weighted by Gasteiger charge is 2.35. The van der Waals surface area contributed by atoms with Crippen LogP contribution in [0.2, 0.25) is 5.02 Å². The molecule has 0 N–H and O–H groups in total. The Morgan fingerprint density at radius 2 is 2.09 bits per heavy atom. The number of benzene rings is 2. The van der Waals surface area contributed by atoms with Gasteiger partial charge in [0.1, 0.15) is 18.4 Å². The first kappa shape index (κ1) is 15.2. The van der Waals surface area contributed by atoms with Gasteiger partial charge in [-0.05, 0) is 42.0 Å². The van der Waals surface area contributed by atoms with Gasteiger partial charge in [0.05, 0.1) is 6.04 Å². The summed E-state index contributed by atoms with van der Waals surface area (Å²) in [4.78, 5) is 13.7. The lowest BCUT2D eigenvalue weighted by Gasteiger charge is -2.22. The third-order valence-electron chi connectivity index (χ3n) is 3.52. The Morgan fingerprint density at radius 3 is 2.83 bits per heavy atom. The number of amides is 1. The minimum atomic E-state index is -0.402. The molecule has 116 valence electrons. The SMILES string of the molecule is N#CCOc1cccc([C@H]2COC(=O)N2c2ccc(Cl)cc2)c1. The van der Waals surface area contributed by atoms with Gasteiger partial charge in [0.15, 0.2) is 6.61 Å². The van der Waals surface area contributed by atoms with Gasteiger partial charge in [-0.2, -0.15) is 5.26 Å². The molecule has 1 atom stereocenters. The lowest BCUT2D eigenvalue weighted by molar-refractivity contribution is 0.179. The molecule has 1 aliphatic rings. The Kier molecular flexibility index (Phi) is 4.35. The van der Waals surface area contributed by atoms with E-state index in [1.807, 2.05) is 24.3 Å². The van der Waals surface area contributed by atoms with Crippen LogP contribution in [0.5, 0.6) is 5.75 Å². The molecule has 23 heavy (non-hydrogen) atoms. The summed E-state index contributed by atoms with van der Waals surface area (Å²) in [6.07, 6.45) is -0.402. The molecule has 1 fully saturated rings. The summed E-state index contributed by atoms with van der Waals surface area (Å²) < 4.78 is 10.5. The molecular formula is C17H13ClN2O3. The second-order valence-electron chi connectivity index (χ2n) is 4.96. The minimum absolute atomic E-state index is 0.0234. The number of nitriles is 1. The van der Waals surface area contributed by atoms with E-state index in [0.717, 1.165) is 5.56 Å². The number of rotatable bonds is 4. The van der Waals surface area contributed by atoms with Gasteiger partial charge >= 0.3 is 6.09 Å². The van der Waals surface area contributed by atoms with Gasteiger partial charge in [0.25, 0.3) is 0 Å². The van der Waals surface area contributed by atoms with E-state index < -0.39 is 6.09 Å². The first-order valence-electron chi connectivity index (χ1n) is 7.00. The van der Waals surface area contributed by atoms with E-state index in [1.165, 1.54) is 0 Å². The second-order valence-corrected chi connectivity index (χ2v) is 5.39. The van der Waals surface area contributed by atoms with E-state index in [9.17, 15) is 4.79 Å². The molecule has 2 aromatic carbocycles. The molecular weight excluding hydrogens is 316 g/mol. The van der Waals surface area contributed by atoms with Gasteiger partial charge in [0.2, 0.25) is 0 Å². The van der Waals surface area contributed by atoms with Gasteiger partial charge in [-0.25, -0.2) is 4.79 Å². The van der Waals surface area contributed by atoms with Crippen LogP contribution in [0, 0.1) is 11.3 Å². The summed E-state index contributed by atoms with van der Waals surface area (Å²) in [6.45, 7) is 0.230. The monoisotopic (exact) mass is 328 g/mol. The molecule has 0 bridgehead atoms. The van der Waals surface area contributed by atoms with Crippen molar-refractivity contribution in [3.05, 3.63) is 59.1 Å². The van der Waals surface area contributed by atoms with E-state index in [-0.39, 0.29) is 19.3 Å². The predicted molar refractivity (Wildman–Crippen MR) is 85.6 cm³/mol. The number of carbonyl (C=O) groups excluding carboxylic acids is 1. The van der Waals surface area contributed by atoms with Crippen LogP contribution in [0.1, 0.15) is 11.6 Å². The first-order chi connectivity index (χ1) is 11.2. The number of hydrogen-bond donors (Lipinski definition) is 0. The molecule has 0 aliphatic carbocycles. The Labute approximate surface area is 138 Å². The van der Waals surface area contributed by atoms with Crippen molar-refractivity contribution in [2.24, 2.45) is 0 Å². The van der Waals surface area contributed by atoms with Crippen molar-refractivity contribution in [1.29, 1.82) is 5.26 Å². The summed E-state index contributed by atoms with van der Waals surface area (Å²) in [6, 6.07) is 16.0. The Balaban J connectivity index is 1.90. The number of nitrogens with zero attached hydrogens (tertiary/aromatic N) is 2. The zero-order chi connectivity index (χ0) is 16.2. The van der Waals surface area contributed by atoms with Gasteiger partial charge in [-0.15, -0.1) is 0 Å². The van der Waals surface area contributed by atoms with Crippen LogP contribution in [0.4, 0.5) is 10.5 Å². The average Bonchev–Trinajstić information content (AvgIpc) is 2.96. The fourth-order valence-corrected chi connectivity index (χ4v) is 2.61. The molecule has 1 saturated heterocycles. The van der Waals surface area contributed by atoms with E-state index in [1.54, 1.807) is 35.2 Å². The number of anilines is 1. The fraction of sp³-hybridized carbons (Fsp3) is 0.176. The summed E-state index contributed by atoms with van der Waals surface area (Å²) in [7, 11) is 0. The highest BCUT2D eigenvalue weighted by atomic mass is 35.5. The number of hydrogen-bond acceptors (Lipinski definition) is 4. The van der Waals surface area contributed by atoms with Crippen LogP contribution in [0.3, 0.4) is 0 Å². The van der Waals surface area contributed by atoms with Crippen LogP contribution in [-0.4, -0.2) is 19.3 Å². The molecule has 1 aliphatic heterocycles. The Hall–Kier alpha value is -2.71. The summed E-state index contributed by atoms with van der Waals surface area (Å²) in [5.41, 5.74) is 1.59. The molecule has 3 rings (SSSR count). The van der Waals surface area contributed by atoms with Crippen molar-refractivity contribution in [2.75, 3.05) is 18.1 Å². The Bertz CT molecular complexity index is 755. The molecule has 0 unspecified atom stereocenters. The summed E-state index contributed by atoms with van der Waals surface area (Å²) in [5, 5.41) is 9.20. The number of carbonyl (C=O) groups is 1. The van der Waals surface area contributed by atoms with Crippen LogP contribution in [0.15, 0.2) is 48.5 Å². The van der Waals surface area contributed by atoms with Gasteiger partial charge in [-0.3, -0.25) is 4.90 Å². The van der Waals surface area contributed by atoms with Crippen molar-refractivity contribution < 1.29 is 14.3 Å². The lowest BCUT2D eigenvalue weighted by atomic mass is 10.1. The van der Waals surface area contributed by atoms with E-state index in [0.29, 0.717) is 16.5 Å². The van der Waals surface area contributed by atoms with Gasteiger partial charge in [-0.1, -0.05) is 23.7 Å². The van der Waals surface area contributed by atoms with Crippen molar-refractivity contribution in [3.63, 3.8) is 0 Å². The van der Waals surface area contributed by atoms with Crippen LogP contribution in [-0.2, 0) is 4.74 Å². The van der Waals surface area contributed by atoms with E-state index >= 15 is 0 Å². The third kappa shape index (κ3) is 3.22. The topological polar surface area (TPSA) is 62.6 Å². The molecule has 0 spiro atoms. The maximum absolute atomic E-state index is 12.1. The van der Waals surface area contributed by atoms with Gasteiger partial charge in [0, 0.05) is 10.7 Å². The zero-order valence-electron chi connectivity index (χ0n) is 12.1. The van der Waals surface area contributed by atoms with Crippen molar-refractivity contribution in [1.82, 2.24) is 0 Å². The number of ether oxygens (including phenoxy) is 2. The molecule has 0 saturated carbocycles. The first-order valence-corrected chi connectivity index (χ1v) is 7.38. The maximum Gasteiger partial charge on any atom is 0.415 e. The lowest BCUT2D eigenvalue weighted by Crippen LogP contribution is -2.27. The molecule has 1 amide bonds. The molecule has 2 aromatic rings. The van der Waals surface area contributed by atoms with Crippen LogP contribution < -0.4 is 9.64 Å². The third-order valence-corrected chi connectivity index (χ3v) is 3.78.